The van der Waals surface area contributed by atoms with Crippen molar-refractivity contribution < 1.29 is 9.59 Å². The molecule has 0 bridgehead atoms. The third-order valence-electron chi connectivity index (χ3n) is 5.28. The number of hydrogen-bond acceptors (Lipinski definition) is 3. The van der Waals surface area contributed by atoms with E-state index in [1.54, 1.807) is 6.21 Å². The number of benzene rings is 3. The van der Waals surface area contributed by atoms with Crippen LogP contribution in [0.25, 0.3) is 10.9 Å². The summed E-state index contributed by atoms with van der Waals surface area (Å²) in [4.78, 5) is 28.5. The Morgan fingerprint density at radius 3 is 2.16 bits per heavy atom. The van der Waals surface area contributed by atoms with Gasteiger partial charge < -0.3 is 10.3 Å². The van der Waals surface area contributed by atoms with E-state index in [1.807, 2.05) is 91.9 Å². The number of H-pyrrole nitrogens is 1. The van der Waals surface area contributed by atoms with E-state index in [4.69, 9.17) is 0 Å². The van der Waals surface area contributed by atoms with Crippen LogP contribution in [0.4, 0.5) is 0 Å². The lowest BCUT2D eigenvalue weighted by Gasteiger charge is -2.17. The van der Waals surface area contributed by atoms with E-state index in [2.05, 4.69) is 20.8 Å². The molecule has 0 saturated heterocycles. The van der Waals surface area contributed by atoms with Gasteiger partial charge in [-0.3, -0.25) is 9.59 Å². The number of amides is 2. The largest absolute Gasteiger partial charge is 0.358 e. The van der Waals surface area contributed by atoms with Crippen LogP contribution in [0.1, 0.15) is 28.3 Å². The summed E-state index contributed by atoms with van der Waals surface area (Å²) < 4.78 is 0. The fourth-order valence-electron chi connectivity index (χ4n) is 3.73. The minimum absolute atomic E-state index is 0.167. The molecule has 0 saturated carbocycles. The van der Waals surface area contributed by atoms with Crippen LogP contribution in [0.3, 0.4) is 0 Å². The molecule has 0 aliphatic rings. The Hall–Kier alpha value is -4.19. The number of aryl methyl sites for hydroxylation is 1. The van der Waals surface area contributed by atoms with Crippen molar-refractivity contribution in [3.05, 3.63) is 107 Å². The van der Waals surface area contributed by atoms with Crippen LogP contribution in [0, 0.1) is 6.92 Å². The summed E-state index contributed by atoms with van der Waals surface area (Å²) in [6.45, 7) is 1.79. The van der Waals surface area contributed by atoms with Gasteiger partial charge in [0.05, 0.1) is 18.7 Å². The molecule has 4 aromatic rings. The van der Waals surface area contributed by atoms with Crippen LogP contribution in [0.15, 0.2) is 90.0 Å². The third-order valence-corrected chi connectivity index (χ3v) is 5.28. The van der Waals surface area contributed by atoms with Gasteiger partial charge in [-0.2, -0.15) is 5.10 Å². The van der Waals surface area contributed by atoms with Crippen LogP contribution < -0.4 is 10.7 Å². The fraction of sp³-hybridized carbons (Fsp3) is 0.115. The van der Waals surface area contributed by atoms with E-state index in [9.17, 15) is 9.59 Å². The smallest absolute Gasteiger partial charge is 0.259 e. The zero-order valence-electron chi connectivity index (χ0n) is 17.7. The zero-order chi connectivity index (χ0) is 22.3. The van der Waals surface area contributed by atoms with Crippen LogP contribution in [0.5, 0.6) is 0 Å². The molecule has 0 spiro atoms. The molecule has 32 heavy (non-hydrogen) atoms. The number of aromatic nitrogens is 1. The highest BCUT2D eigenvalue weighted by Gasteiger charge is 2.22. The van der Waals surface area contributed by atoms with E-state index in [0.29, 0.717) is 0 Å². The Kier molecular flexibility index (Phi) is 6.41. The average Bonchev–Trinajstić information content (AvgIpc) is 3.14. The van der Waals surface area contributed by atoms with Gasteiger partial charge in [0.1, 0.15) is 0 Å². The second kappa shape index (κ2) is 9.75. The molecule has 0 fully saturated rings. The Bertz CT molecular complexity index is 1210. The van der Waals surface area contributed by atoms with Crippen molar-refractivity contribution in [1.82, 2.24) is 15.7 Å². The van der Waals surface area contributed by atoms with Crippen molar-refractivity contribution in [1.29, 1.82) is 0 Å². The number of fused-ring (bicyclic) bond motifs is 1. The van der Waals surface area contributed by atoms with Crippen molar-refractivity contribution in [3.63, 3.8) is 0 Å². The van der Waals surface area contributed by atoms with Gasteiger partial charge >= 0.3 is 0 Å². The van der Waals surface area contributed by atoms with E-state index in [0.717, 1.165) is 33.3 Å². The number of rotatable bonds is 7. The number of nitrogens with one attached hydrogen (secondary N) is 3. The first-order chi connectivity index (χ1) is 15.6. The van der Waals surface area contributed by atoms with Crippen LogP contribution in [0.2, 0.25) is 0 Å². The summed E-state index contributed by atoms with van der Waals surface area (Å²) in [7, 11) is 0. The maximum Gasteiger partial charge on any atom is 0.259 e. The van der Waals surface area contributed by atoms with Crippen molar-refractivity contribution in [2.45, 2.75) is 12.8 Å². The Morgan fingerprint density at radius 2 is 1.50 bits per heavy atom. The monoisotopic (exact) mass is 424 g/mol. The van der Waals surface area contributed by atoms with Crippen LogP contribution in [-0.2, 0) is 9.59 Å². The first-order valence-electron chi connectivity index (χ1n) is 10.4. The number of carbonyl (C=O) groups is 2. The van der Waals surface area contributed by atoms with Gasteiger partial charge in [0.2, 0.25) is 5.91 Å². The van der Waals surface area contributed by atoms with Gasteiger partial charge in [-0.05, 0) is 24.1 Å². The van der Waals surface area contributed by atoms with Gasteiger partial charge in [0, 0.05) is 22.2 Å². The van der Waals surface area contributed by atoms with Crippen LogP contribution in [-0.4, -0.2) is 29.6 Å². The Labute approximate surface area is 186 Å². The molecule has 4 rings (SSSR count). The minimum Gasteiger partial charge on any atom is -0.358 e. The number of nitrogens with zero attached hydrogens (tertiary/aromatic N) is 1. The first kappa shape index (κ1) is 21.1. The third kappa shape index (κ3) is 4.75. The lowest BCUT2D eigenvalue weighted by atomic mass is 9.90. The van der Waals surface area contributed by atoms with E-state index >= 15 is 0 Å². The number of aromatic amines is 1. The standard InChI is InChI=1S/C26H24N4O2/c1-18-22(21-14-8-9-15-23(21)29-18)16-28-30-24(31)17-27-26(32)25(19-10-4-2-5-11-19)20-12-6-3-7-13-20/h2-16,25,29H,17H2,1H3,(H,27,32)(H,30,31). The minimum atomic E-state index is -0.498. The molecule has 0 aliphatic carbocycles. The molecule has 6 nitrogen and oxygen atoms in total. The van der Waals surface area contributed by atoms with Crippen molar-refractivity contribution in [2.24, 2.45) is 5.10 Å². The molecule has 2 amide bonds. The zero-order valence-corrected chi connectivity index (χ0v) is 17.7. The normalized spacial score (nSPS) is 11.2. The Morgan fingerprint density at radius 1 is 0.906 bits per heavy atom. The molecule has 3 N–H and O–H groups in total. The quantitative estimate of drug-likeness (QED) is 0.311. The molecule has 0 aliphatic heterocycles. The van der Waals surface area contributed by atoms with Crippen molar-refractivity contribution in [2.75, 3.05) is 6.54 Å². The fourth-order valence-corrected chi connectivity index (χ4v) is 3.73. The highest BCUT2D eigenvalue weighted by molar-refractivity contribution is 6.01. The van der Waals surface area contributed by atoms with Gasteiger partial charge in [-0.25, -0.2) is 5.43 Å². The summed E-state index contributed by atoms with van der Waals surface area (Å²) >= 11 is 0. The highest BCUT2D eigenvalue weighted by Crippen LogP contribution is 2.24. The summed E-state index contributed by atoms with van der Waals surface area (Å²) in [6, 6.07) is 26.9. The van der Waals surface area contributed by atoms with Gasteiger partial charge in [-0.1, -0.05) is 78.9 Å². The van der Waals surface area contributed by atoms with Gasteiger partial charge in [0.15, 0.2) is 0 Å². The predicted molar refractivity (Wildman–Crippen MR) is 127 cm³/mol. The first-order valence-corrected chi connectivity index (χ1v) is 10.4. The molecule has 0 radical (unpaired) electrons. The molecule has 6 heteroatoms. The molecule has 3 aromatic carbocycles. The molecule has 0 unspecified atom stereocenters. The lowest BCUT2D eigenvalue weighted by Crippen LogP contribution is -2.37. The highest BCUT2D eigenvalue weighted by atomic mass is 16.2. The van der Waals surface area contributed by atoms with E-state index < -0.39 is 11.8 Å². The second-order valence-corrected chi connectivity index (χ2v) is 7.47. The molecule has 160 valence electrons. The SMILES string of the molecule is Cc1[nH]c2ccccc2c1C=NNC(=O)CNC(=O)C(c1ccccc1)c1ccccc1. The van der Waals surface area contributed by atoms with E-state index in [1.165, 1.54) is 0 Å². The van der Waals surface area contributed by atoms with Gasteiger partial charge in [0.25, 0.3) is 5.91 Å². The number of para-hydroxylation sites is 1. The maximum absolute atomic E-state index is 13.0. The lowest BCUT2D eigenvalue weighted by molar-refractivity contribution is -0.126. The molecule has 1 heterocycles. The second-order valence-electron chi connectivity index (χ2n) is 7.47. The molecular formula is C26H24N4O2. The van der Waals surface area contributed by atoms with Gasteiger partial charge in [-0.15, -0.1) is 0 Å². The Balaban J connectivity index is 1.39. The van der Waals surface area contributed by atoms with Crippen molar-refractivity contribution >= 4 is 28.9 Å². The molecule has 0 atom stereocenters. The topological polar surface area (TPSA) is 86.3 Å². The van der Waals surface area contributed by atoms with Crippen LogP contribution >= 0.6 is 0 Å². The summed E-state index contributed by atoms with van der Waals surface area (Å²) in [6.07, 6.45) is 1.62. The average molecular weight is 425 g/mol. The van der Waals surface area contributed by atoms with E-state index in [-0.39, 0.29) is 12.5 Å². The number of hydrazone groups is 1. The summed E-state index contributed by atoms with van der Waals surface area (Å²) in [5, 5.41) is 7.83. The molecule has 1 aromatic heterocycles. The predicted octanol–water partition coefficient (Wildman–Crippen LogP) is 3.87. The number of hydrogen-bond donors (Lipinski definition) is 3. The van der Waals surface area contributed by atoms with Crippen molar-refractivity contribution in [3.8, 4) is 0 Å². The molecular weight excluding hydrogens is 400 g/mol. The number of carbonyl (C=O) groups excluding carboxylic acids is 2. The summed E-state index contributed by atoms with van der Waals surface area (Å²) in [5.74, 6) is -1.14. The summed E-state index contributed by atoms with van der Waals surface area (Å²) in [5.41, 5.74) is 7.11. The maximum atomic E-state index is 13.0.